The van der Waals surface area contributed by atoms with Crippen LogP contribution in [0, 0.1) is 0 Å². The lowest BCUT2D eigenvalue weighted by Crippen LogP contribution is -2.22. The molecule has 4 rings (SSSR count). The van der Waals surface area contributed by atoms with Gasteiger partial charge >= 0.3 is 0 Å². The Morgan fingerprint density at radius 1 is 0.596 bits per heavy atom. The summed E-state index contributed by atoms with van der Waals surface area (Å²) in [6, 6.07) is 18.0. The first-order valence-electron chi connectivity index (χ1n) is 14.1. The van der Waals surface area contributed by atoms with Crippen molar-refractivity contribution in [3.63, 3.8) is 0 Å². The number of hydrogen-bond acceptors (Lipinski definition) is 9. The molecule has 11 nitrogen and oxygen atoms in total. The van der Waals surface area contributed by atoms with Gasteiger partial charge in [-0.2, -0.15) is 16.8 Å². The normalized spacial score (nSPS) is 12.9. The summed E-state index contributed by atoms with van der Waals surface area (Å²) in [6.07, 6.45) is 0. The number of hydrogen-bond donors (Lipinski definition) is 2. The smallest absolute Gasteiger partial charge is 0.298 e. The van der Waals surface area contributed by atoms with Crippen molar-refractivity contribution >= 4 is 35.9 Å². The molecule has 0 radical (unpaired) electrons. The molecular weight excluding hydrogens is 669 g/mol. The predicted octanol–water partition coefficient (Wildman–Crippen LogP) is 6.51. The summed E-state index contributed by atoms with van der Waals surface area (Å²) >= 11 is 0. The monoisotopic (exact) mass is 702 g/mol. The number of rotatable bonds is 9. The summed E-state index contributed by atoms with van der Waals surface area (Å²) in [6.45, 7) is 10.8. The summed E-state index contributed by atoms with van der Waals surface area (Å²) in [5, 5.41) is 0. The van der Waals surface area contributed by atoms with Crippen LogP contribution in [0.4, 0.5) is 0 Å². The van der Waals surface area contributed by atoms with E-state index in [-0.39, 0.29) is 38.0 Å². The van der Waals surface area contributed by atoms with Crippen LogP contribution in [0.3, 0.4) is 0 Å². The highest BCUT2D eigenvalue weighted by molar-refractivity contribution is 7.91. The van der Waals surface area contributed by atoms with Gasteiger partial charge in [-0.1, -0.05) is 32.9 Å². The van der Waals surface area contributed by atoms with Gasteiger partial charge in [-0.25, -0.2) is 8.42 Å². The number of ketones is 1. The lowest BCUT2D eigenvalue weighted by molar-refractivity contribution is 0.103. The first kappa shape index (κ1) is 35.8. The van der Waals surface area contributed by atoms with Crippen LogP contribution in [-0.2, 0) is 35.5 Å². The van der Waals surface area contributed by atoms with Crippen LogP contribution >= 0.6 is 0 Å². The second-order valence-corrected chi connectivity index (χ2v) is 17.4. The van der Waals surface area contributed by atoms with Gasteiger partial charge in [0.1, 0.15) is 27.7 Å². The summed E-state index contributed by atoms with van der Waals surface area (Å²) in [5.74, 6) is -0.628. The molecule has 0 fully saturated rings. The molecule has 0 amide bonds. The summed E-state index contributed by atoms with van der Waals surface area (Å²) in [4.78, 5) is 12.0. The Hall–Kier alpha value is -4.08. The molecule has 0 spiro atoms. The first-order valence-corrected chi connectivity index (χ1v) is 18.4. The van der Waals surface area contributed by atoms with Crippen LogP contribution in [0.15, 0.2) is 105 Å². The predicted molar refractivity (Wildman–Crippen MR) is 173 cm³/mol. The minimum Gasteiger partial charge on any atom is -0.488 e. The van der Waals surface area contributed by atoms with Gasteiger partial charge in [0.15, 0.2) is 5.78 Å². The lowest BCUT2D eigenvalue weighted by Gasteiger charge is -2.22. The number of ether oxygens (including phenoxy) is 2. The number of carbonyl (C=O) groups is 1. The maximum atomic E-state index is 13.3. The van der Waals surface area contributed by atoms with E-state index in [2.05, 4.69) is 0 Å². The molecule has 14 heteroatoms. The molecule has 4 aromatic rings. The average Bonchev–Trinajstić information content (AvgIpc) is 2.95. The highest BCUT2D eigenvalue weighted by atomic mass is 32.2. The second-order valence-electron chi connectivity index (χ2n) is 12.7. The van der Waals surface area contributed by atoms with Crippen molar-refractivity contribution in [2.24, 2.45) is 0 Å². The van der Waals surface area contributed by atoms with Crippen LogP contribution in [0.5, 0.6) is 17.2 Å². The zero-order valence-electron chi connectivity index (χ0n) is 26.4. The Kier molecular flexibility index (Phi) is 9.52. The highest BCUT2D eigenvalue weighted by Gasteiger charge is 2.27. The molecule has 250 valence electrons. The van der Waals surface area contributed by atoms with Gasteiger partial charge in [-0.3, -0.25) is 13.9 Å². The van der Waals surface area contributed by atoms with Gasteiger partial charge in [0.25, 0.3) is 20.2 Å². The molecule has 0 aliphatic rings. The van der Waals surface area contributed by atoms with Crippen molar-refractivity contribution in [2.75, 3.05) is 0 Å². The van der Waals surface area contributed by atoms with Crippen molar-refractivity contribution in [2.45, 2.75) is 72.1 Å². The Bertz CT molecular complexity index is 2160. The summed E-state index contributed by atoms with van der Waals surface area (Å²) < 4.78 is 106. The molecule has 2 N–H and O–H groups in total. The number of carbonyl (C=O) groups excluding carboxylic acids is 1. The quantitative estimate of drug-likeness (QED) is 0.143. The fraction of sp³-hybridized carbons (Fsp3) is 0.242. The minimum absolute atomic E-state index is 0.0254. The Labute approximate surface area is 274 Å². The van der Waals surface area contributed by atoms with Gasteiger partial charge in [0, 0.05) is 11.1 Å². The summed E-state index contributed by atoms with van der Waals surface area (Å²) in [7, 11) is -13.6. The molecule has 0 saturated heterocycles. The topological polar surface area (TPSA) is 178 Å². The molecule has 47 heavy (non-hydrogen) atoms. The maximum absolute atomic E-state index is 13.3. The third kappa shape index (κ3) is 8.45. The Morgan fingerprint density at radius 2 is 1.04 bits per heavy atom. The van der Waals surface area contributed by atoms with E-state index in [0.717, 1.165) is 18.2 Å². The minimum atomic E-state index is -4.95. The van der Waals surface area contributed by atoms with E-state index in [1.165, 1.54) is 54.6 Å². The first-order chi connectivity index (χ1) is 21.5. The fourth-order valence-electron chi connectivity index (χ4n) is 4.59. The van der Waals surface area contributed by atoms with Crippen molar-refractivity contribution in [3.8, 4) is 17.2 Å². The molecule has 0 bridgehead atoms. The van der Waals surface area contributed by atoms with E-state index in [9.17, 15) is 39.2 Å². The van der Waals surface area contributed by atoms with Gasteiger partial charge < -0.3 is 9.47 Å². The second kappa shape index (κ2) is 12.5. The average molecular weight is 703 g/mol. The summed E-state index contributed by atoms with van der Waals surface area (Å²) in [5.41, 5.74) is -1.28. The fourth-order valence-corrected chi connectivity index (χ4v) is 7.42. The van der Waals surface area contributed by atoms with E-state index in [1.54, 1.807) is 32.9 Å². The van der Waals surface area contributed by atoms with E-state index < -0.39 is 56.7 Å². The standard InChI is InChI=1S/C33H34O11S3/c1-32(2,3)27-17-7-21(19-29(27)46(37,38)39)31(34)22-8-18-28(30(20-22)47(40,41)42)43-23-9-13-25(14-10-23)45(35,36)26-15-11-24(12-16-26)44-33(4,5)6/h7-20H,1-6H3,(H,37,38,39)(H,40,41,42). The molecule has 0 unspecified atom stereocenters. The van der Waals surface area contributed by atoms with Crippen LogP contribution < -0.4 is 9.47 Å². The van der Waals surface area contributed by atoms with Gasteiger partial charge in [-0.15, -0.1) is 0 Å². The third-order valence-corrected chi connectivity index (χ3v) is 10.3. The van der Waals surface area contributed by atoms with Gasteiger partial charge in [-0.05, 0) is 105 Å². The van der Waals surface area contributed by atoms with E-state index in [4.69, 9.17) is 9.47 Å². The van der Waals surface area contributed by atoms with Crippen LogP contribution in [-0.4, -0.2) is 45.7 Å². The van der Waals surface area contributed by atoms with Crippen LogP contribution in [0.1, 0.15) is 63.0 Å². The van der Waals surface area contributed by atoms with Crippen LogP contribution in [0.25, 0.3) is 0 Å². The Balaban J connectivity index is 1.63. The van der Waals surface area contributed by atoms with Crippen molar-refractivity contribution < 1.29 is 48.6 Å². The molecule has 4 aromatic carbocycles. The van der Waals surface area contributed by atoms with Crippen molar-refractivity contribution in [3.05, 3.63) is 102 Å². The zero-order chi connectivity index (χ0) is 35.2. The van der Waals surface area contributed by atoms with Crippen molar-refractivity contribution in [1.82, 2.24) is 0 Å². The van der Waals surface area contributed by atoms with E-state index in [0.29, 0.717) is 5.75 Å². The lowest BCUT2D eigenvalue weighted by atomic mass is 9.86. The van der Waals surface area contributed by atoms with Gasteiger partial charge in [0.05, 0.1) is 14.7 Å². The molecule has 0 saturated carbocycles. The molecular formula is C33H34O11S3. The van der Waals surface area contributed by atoms with Crippen LogP contribution in [0.2, 0.25) is 0 Å². The number of benzene rings is 4. The molecule has 0 aliphatic heterocycles. The molecule has 0 atom stereocenters. The SMILES string of the molecule is CC(C)(C)Oc1ccc(S(=O)(=O)c2ccc(Oc3ccc(C(=O)c4ccc(C(C)(C)C)c(S(=O)(=O)O)c4)cc3S(=O)(=O)O)cc2)cc1. The van der Waals surface area contributed by atoms with Gasteiger partial charge in [0.2, 0.25) is 9.84 Å². The molecule has 0 aliphatic carbocycles. The molecule has 0 heterocycles. The highest BCUT2D eigenvalue weighted by Crippen LogP contribution is 2.34. The molecule has 0 aromatic heterocycles. The van der Waals surface area contributed by atoms with Crippen molar-refractivity contribution in [1.29, 1.82) is 0 Å². The Morgan fingerprint density at radius 3 is 1.49 bits per heavy atom. The van der Waals surface area contributed by atoms with E-state index >= 15 is 0 Å². The zero-order valence-corrected chi connectivity index (χ0v) is 28.8. The number of sulfone groups is 1. The van der Waals surface area contributed by atoms with E-state index in [1.807, 2.05) is 20.8 Å². The maximum Gasteiger partial charge on any atom is 0.298 e. The largest absolute Gasteiger partial charge is 0.488 e. The third-order valence-electron chi connectivity index (χ3n) is 6.73.